The molecule has 1 heterocycles. The van der Waals surface area contributed by atoms with Crippen molar-refractivity contribution >= 4 is 22.6 Å². The fraction of sp³-hybridized carbons (Fsp3) is 0.636. The Morgan fingerprint density at radius 1 is 1.61 bits per heavy atom. The average Bonchev–Trinajstić information content (AvgIpc) is 2.65. The van der Waals surface area contributed by atoms with Crippen molar-refractivity contribution in [1.82, 2.24) is 9.55 Å². The van der Waals surface area contributed by atoms with Gasteiger partial charge in [-0.15, -0.1) is 0 Å². The topological polar surface area (TPSA) is 84.3 Å². The van der Waals surface area contributed by atoms with Crippen LogP contribution in [0.15, 0.2) is 21.9 Å². The predicted molar refractivity (Wildman–Crippen MR) is 74.2 cm³/mol. The number of aliphatic hydroxyl groups is 1. The second kappa shape index (κ2) is 5.54. The van der Waals surface area contributed by atoms with E-state index in [-0.39, 0.29) is 12.0 Å². The second-order valence-electron chi connectivity index (χ2n) is 4.43. The lowest BCUT2D eigenvalue weighted by molar-refractivity contribution is -0.0205. The maximum absolute atomic E-state index is 11.8. The van der Waals surface area contributed by atoms with Crippen LogP contribution in [0.3, 0.4) is 0 Å². The highest BCUT2D eigenvalue weighted by molar-refractivity contribution is 14.1. The van der Waals surface area contributed by atoms with Crippen molar-refractivity contribution in [1.29, 1.82) is 0 Å². The van der Waals surface area contributed by atoms with Crippen LogP contribution in [0.2, 0.25) is 0 Å². The fourth-order valence-corrected chi connectivity index (χ4v) is 3.37. The summed E-state index contributed by atoms with van der Waals surface area (Å²) in [7, 11) is 1.52. The highest BCUT2D eigenvalue weighted by atomic mass is 127. The molecule has 1 saturated carbocycles. The molecule has 4 atom stereocenters. The van der Waals surface area contributed by atoms with Gasteiger partial charge in [0.2, 0.25) is 0 Å². The Morgan fingerprint density at radius 2 is 2.33 bits per heavy atom. The molecule has 1 aliphatic rings. The van der Waals surface area contributed by atoms with Crippen molar-refractivity contribution in [3.8, 4) is 0 Å². The molecule has 2 N–H and O–H groups in total. The Morgan fingerprint density at radius 3 is 2.89 bits per heavy atom. The zero-order valence-corrected chi connectivity index (χ0v) is 12.0. The normalized spacial score (nSPS) is 31.7. The van der Waals surface area contributed by atoms with Crippen LogP contribution in [-0.4, -0.2) is 38.4 Å². The Hall–Kier alpha value is -0.670. The van der Waals surface area contributed by atoms with Gasteiger partial charge in [0.05, 0.1) is 12.1 Å². The highest BCUT2D eigenvalue weighted by Gasteiger charge is 2.43. The van der Waals surface area contributed by atoms with Crippen LogP contribution in [0.25, 0.3) is 0 Å². The van der Waals surface area contributed by atoms with Gasteiger partial charge >= 0.3 is 5.69 Å². The van der Waals surface area contributed by atoms with Crippen LogP contribution >= 0.6 is 22.6 Å². The standard InChI is InChI=1S/C11H15IN2O4/c1-18-10-7(4-6(5-12)9(10)16)14-3-2-8(15)13-11(14)17/h2-3,6-7,9-10,16H,4-5H2,1H3,(H,13,15,17)/t6-,7-,9-,10+/m1/s1. The summed E-state index contributed by atoms with van der Waals surface area (Å²) in [4.78, 5) is 25.0. The van der Waals surface area contributed by atoms with E-state index >= 15 is 0 Å². The molecule has 0 aromatic carbocycles. The zero-order valence-electron chi connectivity index (χ0n) is 9.88. The van der Waals surface area contributed by atoms with Gasteiger partial charge in [0.1, 0.15) is 6.10 Å². The number of aromatic amines is 1. The van der Waals surface area contributed by atoms with Crippen molar-refractivity contribution in [2.45, 2.75) is 24.7 Å². The second-order valence-corrected chi connectivity index (χ2v) is 5.31. The third-order valence-corrected chi connectivity index (χ3v) is 4.55. The molecule has 0 spiro atoms. The van der Waals surface area contributed by atoms with Crippen molar-refractivity contribution in [3.63, 3.8) is 0 Å². The van der Waals surface area contributed by atoms with Gasteiger partial charge in [-0.05, 0) is 12.3 Å². The quantitative estimate of drug-likeness (QED) is 0.579. The van der Waals surface area contributed by atoms with E-state index in [0.717, 1.165) is 4.43 Å². The van der Waals surface area contributed by atoms with Gasteiger partial charge < -0.3 is 9.84 Å². The van der Waals surface area contributed by atoms with E-state index < -0.39 is 23.5 Å². The third-order valence-electron chi connectivity index (χ3n) is 3.42. The molecule has 0 aliphatic heterocycles. The first-order chi connectivity index (χ1) is 8.58. The fourth-order valence-electron chi connectivity index (χ4n) is 2.49. The average molecular weight is 366 g/mol. The molecular weight excluding hydrogens is 351 g/mol. The van der Waals surface area contributed by atoms with E-state index in [2.05, 4.69) is 27.6 Å². The first-order valence-electron chi connectivity index (χ1n) is 5.66. The molecule has 0 bridgehead atoms. The molecule has 6 nitrogen and oxygen atoms in total. The lowest BCUT2D eigenvalue weighted by Gasteiger charge is -2.22. The SMILES string of the molecule is CO[C@@H]1[C@H](O)[C@@H](CI)C[C@H]1n1ccc(=O)[nH]c1=O. The summed E-state index contributed by atoms with van der Waals surface area (Å²) in [5.41, 5.74) is -0.884. The number of methoxy groups -OCH3 is 1. The first kappa shape index (κ1) is 13.8. The van der Waals surface area contributed by atoms with Crippen molar-refractivity contribution in [2.75, 3.05) is 11.5 Å². The molecule has 0 unspecified atom stereocenters. The molecule has 18 heavy (non-hydrogen) atoms. The van der Waals surface area contributed by atoms with Crippen molar-refractivity contribution < 1.29 is 9.84 Å². The smallest absolute Gasteiger partial charge is 0.328 e. The summed E-state index contributed by atoms with van der Waals surface area (Å²) >= 11 is 2.21. The number of nitrogens with zero attached hydrogens (tertiary/aromatic N) is 1. The Kier molecular flexibility index (Phi) is 4.23. The minimum atomic E-state index is -0.587. The minimum absolute atomic E-state index is 0.0966. The lowest BCUT2D eigenvalue weighted by atomic mass is 10.1. The number of aliphatic hydroxyl groups excluding tert-OH is 1. The Bertz CT molecular complexity index is 526. The molecule has 1 aromatic rings. The monoisotopic (exact) mass is 366 g/mol. The summed E-state index contributed by atoms with van der Waals surface area (Å²) < 4.78 is 7.54. The highest BCUT2D eigenvalue weighted by Crippen LogP contribution is 2.37. The first-order valence-corrected chi connectivity index (χ1v) is 7.19. The lowest BCUT2D eigenvalue weighted by Crippen LogP contribution is -2.38. The molecular formula is C11H15IN2O4. The summed E-state index contributed by atoms with van der Waals surface area (Å²) in [6.45, 7) is 0. The van der Waals surface area contributed by atoms with Gasteiger partial charge in [-0.3, -0.25) is 14.3 Å². The van der Waals surface area contributed by atoms with Gasteiger partial charge in [-0.1, -0.05) is 22.6 Å². The molecule has 1 aliphatic carbocycles. The van der Waals surface area contributed by atoms with E-state index in [9.17, 15) is 14.7 Å². The zero-order chi connectivity index (χ0) is 13.3. The number of H-pyrrole nitrogens is 1. The molecule has 0 amide bonds. The largest absolute Gasteiger partial charge is 0.390 e. The maximum atomic E-state index is 11.8. The van der Waals surface area contributed by atoms with Crippen LogP contribution in [-0.2, 0) is 4.74 Å². The predicted octanol–water partition coefficient (Wildman–Crippen LogP) is -0.0915. The van der Waals surface area contributed by atoms with E-state index in [1.54, 1.807) is 0 Å². The van der Waals surface area contributed by atoms with Gasteiger partial charge in [0, 0.05) is 23.8 Å². The molecule has 1 aromatic heterocycles. The van der Waals surface area contributed by atoms with Gasteiger partial charge in [0.15, 0.2) is 0 Å². The van der Waals surface area contributed by atoms with Crippen LogP contribution in [0.5, 0.6) is 0 Å². The summed E-state index contributed by atoms with van der Waals surface area (Å²) in [6, 6.07) is 1.06. The summed E-state index contributed by atoms with van der Waals surface area (Å²) in [6.07, 6.45) is 1.11. The van der Waals surface area contributed by atoms with Crippen LogP contribution in [0.1, 0.15) is 12.5 Å². The van der Waals surface area contributed by atoms with Crippen molar-refractivity contribution in [3.05, 3.63) is 33.1 Å². The van der Waals surface area contributed by atoms with Gasteiger partial charge in [0.25, 0.3) is 5.56 Å². The van der Waals surface area contributed by atoms with Gasteiger partial charge in [-0.25, -0.2) is 4.79 Å². The molecule has 2 rings (SSSR count). The molecule has 1 fully saturated rings. The summed E-state index contributed by atoms with van der Waals surface area (Å²) in [5, 5.41) is 10.1. The van der Waals surface area contributed by atoms with Crippen LogP contribution in [0, 0.1) is 5.92 Å². The Labute approximate surface area is 117 Å². The number of ether oxygens (including phenoxy) is 1. The number of alkyl halides is 1. The number of halogens is 1. The number of aromatic nitrogens is 2. The third kappa shape index (κ3) is 2.39. The number of hydrogen-bond donors (Lipinski definition) is 2. The van der Waals surface area contributed by atoms with Crippen LogP contribution in [0.4, 0.5) is 0 Å². The number of rotatable bonds is 3. The minimum Gasteiger partial charge on any atom is -0.390 e. The molecule has 0 saturated heterocycles. The molecule has 7 heteroatoms. The maximum Gasteiger partial charge on any atom is 0.328 e. The molecule has 100 valence electrons. The van der Waals surface area contributed by atoms with Crippen molar-refractivity contribution in [2.24, 2.45) is 5.92 Å². The van der Waals surface area contributed by atoms with Crippen LogP contribution < -0.4 is 11.2 Å². The number of nitrogens with one attached hydrogen (secondary N) is 1. The van der Waals surface area contributed by atoms with E-state index in [0.29, 0.717) is 6.42 Å². The van der Waals surface area contributed by atoms with E-state index in [1.807, 2.05) is 0 Å². The summed E-state index contributed by atoms with van der Waals surface area (Å²) in [5.74, 6) is 0.0966. The van der Waals surface area contributed by atoms with Gasteiger partial charge in [-0.2, -0.15) is 0 Å². The van der Waals surface area contributed by atoms with E-state index in [4.69, 9.17) is 4.74 Å². The Balaban J connectivity index is 2.38. The van der Waals surface area contributed by atoms with E-state index in [1.165, 1.54) is 23.9 Å². The molecule has 0 radical (unpaired) electrons. The number of hydrogen-bond acceptors (Lipinski definition) is 4.